The van der Waals surface area contributed by atoms with E-state index in [1.807, 2.05) is 13.8 Å². The van der Waals surface area contributed by atoms with E-state index in [9.17, 15) is 18.3 Å². The topological polar surface area (TPSA) is 118 Å². The molecule has 3 heterocycles. The van der Waals surface area contributed by atoms with Crippen molar-refractivity contribution < 1.29 is 23.1 Å². The van der Waals surface area contributed by atoms with Gasteiger partial charge in [0.1, 0.15) is 11.7 Å². The lowest BCUT2D eigenvalue weighted by molar-refractivity contribution is 0.0373. The molecule has 1 amide bonds. The zero-order chi connectivity index (χ0) is 25.8. The van der Waals surface area contributed by atoms with Crippen LogP contribution in [0.1, 0.15) is 49.5 Å². The van der Waals surface area contributed by atoms with Gasteiger partial charge in [-0.2, -0.15) is 4.31 Å². The number of rotatable bonds is 7. The second-order valence-electron chi connectivity index (χ2n) is 8.91. The molecule has 190 valence electrons. The Morgan fingerprint density at radius 1 is 1.37 bits per heavy atom. The van der Waals surface area contributed by atoms with Gasteiger partial charge in [0.25, 0.3) is 15.9 Å². The number of aliphatic hydroxyl groups is 1. The van der Waals surface area contributed by atoms with Crippen LogP contribution in [0.15, 0.2) is 29.8 Å². The molecule has 0 saturated heterocycles. The Bertz CT molecular complexity index is 1220. The van der Waals surface area contributed by atoms with Crippen LogP contribution in [0.2, 0.25) is 0 Å². The van der Waals surface area contributed by atoms with Gasteiger partial charge in [-0.3, -0.25) is 4.79 Å². The van der Waals surface area contributed by atoms with Gasteiger partial charge >= 0.3 is 0 Å². The fourth-order valence-electron chi connectivity index (χ4n) is 3.71. The molecule has 35 heavy (non-hydrogen) atoms. The molecule has 3 rings (SSSR count). The number of aromatic nitrogens is 3. The van der Waals surface area contributed by atoms with E-state index < -0.39 is 22.2 Å². The lowest BCUT2D eigenvalue weighted by Gasteiger charge is -2.37. The number of fused-ring (bicyclic) bond motifs is 1. The largest absolute Gasteiger partial charge is 0.472 e. The third kappa shape index (κ3) is 6.01. The van der Waals surface area contributed by atoms with Crippen molar-refractivity contribution in [2.75, 3.05) is 26.7 Å². The second-order valence-corrected chi connectivity index (χ2v) is 10.9. The lowest BCUT2D eigenvalue weighted by atomic mass is 10.0. The number of carbonyl (C=O) groups excluding carboxylic acids is 1. The fourth-order valence-corrected chi connectivity index (χ4v) is 4.85. The van der Waals surface area contributed by atoms with Gasteiger partial charge in [0, 0.05) is 50.9 Å². The average Bonchev–Trinajstić information content (AvgIpc) is 3.28. The van der Waals surface area contributed by atoms with Crippen LogP contribution in [0.4, 0.5) is 0 Å². The van der Waals surface area contributed by atoms with Crippen LogP contribution < -0.4 is 4.74 Å². The number of sulfonamides is 1. The minimum absolute atomic E-state index is 0.0226. The molecule has 2 aromatic rings. The number of likely N-dealkylation sites (N-methyl/N-ethyl adjacent to an activating group) is 1. The Morgan fingerprint density at radius 2 is 2.11 bits per heavy atom. The van der Waals surface area contributed by atoms with Crippen LogP contribution in [0.25, 0.3) is 0 Å². The van der Waals surface area contributed by atoms with Crippen molar-refractivity contribution in [3.05, 3.63) is 35.9 Å². The van der Waals surface area contributed by atoms with E-state index in [-0.39, 0.29) is 48.0 Å². The van der Waals surface area contributed by atoms with E-state index in [1.165, 1.54) is 23.9 Å². The maximum absolute atomic E-state index is 13.4. The van der Waals surface area contributed by atoms with E-state index in [2.05, 4.69) is 21.8 Å². The minimum Gasteiger partial charge on any atom is -0.472 e. The molecule has 0 spiro atoms. The number of unbranched alkanes of at least 4 members (excludes halogenated alkanes) is 1. The smallest absolute Gasteiger partial charge is 0.261 e. The zero-order valence-electron chi connectivity index (χ0n) is 20.8. The average molecular weight is 504 g/mol. The molecule has 1 aliphatic rings. The van der Waals surface area contributed by atoms with Gasteiger partial charge < -0.3 is 19.3 Å². The molecular formula is C24H33N5O5S. The molecule has 0 radical (unpaired) electrons. The lowest BCUT2D eigenvalue weighted by Crippen LogP contribution is -2.50. The van der Waals surface area contributed by atoms with Crippen molar-refractivity contribution in [2.24, 2.45) is 13.0 Å². The van der Waals surface area contributed by atoms with Crippen LogP contribution in [0.5, 0.6) is 5.88 Å². The van der Waals surface area contributed by atoms with Gasteiger partial charge in [-0.15, -0.1) is 0 Å². The Hall–Kier alpha value is -2.94. The molecule has 0 bridgehead atoms. The standard InChI is InChI=1S/C24H33N5O5S/c1-6-7-8-9-19-10-20-23(25-11-19)34-21(17(2)12-29(24(20)31)18(3)15-30)13-28(5)35(32,33)22-14-27(4)16-26-22/h10-11,14,16-18,21,30H,6-7,12-13,15H2,1-5H3/t17-,18-,21+/m1/s1. The maximum Gasteiger partial charge on any atom is 0.261 e. The number of pyridine rings is 1. The van der Waals surface area contributed by atoms with Crippen molar-refractivity contribution in [2.45, 2.75) is 50.8 Å². The van der Waals surface area contributed by atoms with Crippen LogP contribution in [-0.2, 0) is 17.1 Å². The van der Waals surface area contributed by atoms with Crippen molar-refractivity contribution in [3.8, 4) is 17.7 Å². The number of ether oxygens (including phenoxy) is 1. The van der Waals surface area contributed by atoms with Crippen LogP contribution in [-0.4, -0.2) is 82.1 Å². The molecule has 1 N–H and O–H groups in total. The van der Waals surface area contributed by atoms with E-state index in [0.29, 0.717) is 5.56 Å². The molecule has 0 aromatic carbocycles. The maximum atomic E-state index is 13.4. The number of aliphatic hydroxyl groups excluding tert-OH is 1. The molecule has 0 fully saturated rings. The van der Waals surface area contributed by atoms with Gasteiger partial charge in [0.15, 0.2) is 5.03 Å². The highest BCUT2D eigenvalue weighted by Gasteiger charge is 2.36. The van der Waals surface area contributed by atoms with E-state index in [0.717, 1.165) is 12.8 Å². The summed E-state index contributed by atoms with van der Waals surface area (Å²) in [4.78, 5) is 23.3. The van der Waals surface area contributed by atoms with Crippen molar-refractivity contribution in [3.63, 3.8) is 0 Å². The summed E-state index contributed by atoms with van der Waals surface area (Å²) < 4.78 is 35.0. The molecule has 0 unspecified atom stereocenters. The summed E-state index contributed by atoms with van der Waals surface area (Å²) in [6, 6.07) is 1.20. The Balaban J connectivity index is 1.97. The van der Waals surface area contributed by atoms with Crippen LogP contribution in [0.3, 0.4) is 0 Å². The first-order valence-corrected chi connectivity index (χ1v) is 13.0. The van der Waals surface area contributed by atoms with Crippen molar-refractivity contribution >= 4 is 15.9 Å². The van der Waals surface area contributed by atoms with Gasteiger partial charge in [-0.1, -0.05) is 25.7 Å². The van der Waals surface area contributed by atoms with Gasteiger partial charge in [0.05, 0.1) is 25.5 Å². The molecule has 10 nitrogen and oxygen atoms in total. The highest BCUT2D eigenvalue weighted by atomic mass is 32.2. The molecule has 2 aromatic heterocycles. The Kier molecular flexibility index (Phi) is 8.53. The monoisotopic (exact) mass is 503 g/mol. The predicted molar refractivity (Wildman–Crippen MR) is 130 cm³/mol. The minimum atomic E-state index is -3.84. The quantitative estimate of drug-likeness (QED) is 0.569. The number of imidazole rings is 1. The summed E-state index contributed by atoms with van der Waals surface area (Å²) in [5.74, 6) is 5.61. The summed E-state index contributed by atoms with van der Waals surface area (Å²) in [5, 5.41) is 9.73. The summed E-state index contributed by atoms with van der Waals surface area (Å²) >= 11 is 0. The molecule has 0 aliphatic carbocycles. The van der Waals surface area contributed by atoms with E-state index in [1.54, 1.807) is 35.7 Å². The summed E-state index contributed by atoms with van der Waals surface area (Å²) in [5.41, 5.74) is 0.825. The third-order valence-electron chi connectivity index (χ3n) is 5.92. The number of hydrogen-bond donors (Lipinski definition) is 1. The molecule has 11 heteroatoms. The molecular weight excluding hydrogens is 470 g/mol. The van der Waals surface area contributed by atoms with Gasteiger partial charge in [0.2, 0.25) is 5.88 Å². The third-order valence-corrected chi connectivity index (χ3v) is 7.63. The van der Waals surface area contributed by atoms with Gasteiger partial charge in [-0.25, -0.2) is 18.4 Å². The number of carbonyl (C=O) groups is 1. The first-order valence-electron chi connectivity index (χ1n) is 11.6. The molecule has 0 saturated carbocycles. The van der Waals surface area contributed by atoms with Crippen molar-refractivity contribution in [1.29, 1.82) is 0 Å². The number of amides is 1. The highest BCUT2D eigenvalue weighted by molar-refractivity contribution is 7.89. The Morgan fingerprint density at radius 3 is 2.74 bits per heavy atom. The molecule has 1 aliphatic heterocycles. The summed E-state index contributed by atoms with van der Waals surface area (Å²) in [6.07, 6.45) is 5.46. The Labute approximate surface area is 207 Å². The normalized spacial score (nSPS) is 19.3. The number of nitrogens with zero attached hydrogens (tertiary/aromatic N) is 5. The predicted octanol–water partition coefficient (Wildman–Crippen LogP) is 1.51. The van der Waals surface area contributed by atoms with E-state index >= 15 is 0 Å². The summed E-state index contributed by atoms with van der Waals surface area (Å²) in [6.45, 7) is 5.76. The number of hydrogen-bond acceptors (Lipinski definition) is 7. The van der Waals surface area contributed by atoms with Crippen LogP contribution in [0, 0.1) is 17.8 Å². The van der Waals surface area contributed by atoms with Gasteiger partial charge in [-0.05, 0) is 19.4 Å². The fraction of sp³-hybridized carbons (Fsp3) is 0.542. The number of aryl methyl sites for hydroxylation is 1. The summed E-state index contributed by atoms with van der Waals surface area (Å²) in [7, 11) is -0.673. The zero-order valence-corrected chi connectivity index (χ0v) is 21.6. The SMILES string of the molecule is CCCC#Cc1cnc2c(c1)C(=O)N([C@H](C)CO)C[C@@H](C)[C@H](CN(C)S(=O)(=O)c1cn(C)cn1)O2. The first-order chi connectivity index (χ1) is 16.6. The highest BCUT2D eigenvalue weighted by Crippen LogP contribution is 2.28. The second kappa shape index (κ2) is 11.2. The first kappa shape index (κ1) is 26.7. The molecule has 3 atom stereocenters. The van der Waals surface area contributed by atoms with E-state index in [4.69, 9.17) is 4.74 Å². The van der Waals surface area contributed by atoms with Crippen molar-refractivity contribution in [1.82, 2.24) is 23.7 Å². The van der Waals surface area contributed by atoms with Crippen LogP contribution >= 0.6 is 0 Å².